The maximum atomic E-state index is 10.9. The van der Waals surface area contributed by atoms with Crippen molar-refractivity contribution >= 4 is 40.6 Å². The molecule has 1 unspecified atom stereocenters. The van der Waals surface area contributed by atoms with E-state index in [0.717, 1.165) is 0 Å². The molecule has 0 fully saturated rings. The molecular weight excluding hydrogens is 183 g/mol. The standard InChI is InChI=1S/C8H10O2S.Na.H/c1-2-11(9)10-8-6-4-3-5-7-8;;/h3-7H,2H2,1H3;;. The summed E-state index contributed by atoms with van der Waals surface area (Å²) in [7, 11) is 0. The van der Waals surface area contributed by atoms with Crippen LogP contribution in [-0.2, 0) is 11.1 Å². The number of rotatable bonds is 3. The first-order valence-corrected chi connectivity index (χ1v) is 4.69. The molecule has 12 heavy (non-hydrogen) atoms. The van der Waals surface area contributed by atoms with Gasteiger partial charge in [-0.2, -0.15) is 0 Å². The number of hydrogen-bond donors (Lipinski definition) is 0. The first kappa shape index (κ1) is 12.2. The van der Waals surface area contributed by atoms with Gasteiger partial charge in [0.2, 0.25) is 11.1 Å². The minimum absolute atomic E-state index is 0. The van der Waals surface area contributed by atoms with E-state index in [0.29, 0.717) is 11.5 Å². The molecule has 0 aliphatic heterocycles. The summed E-state index contributed by atoms with van der Waals surface area (Å²) < 4.78 is 15.9. The van der Waals surface area contributed by atoms with Crippen molar-refractivity contribution in [2.24, 2.45) is 0 Å². The van der Waals surface area contributed by atoms with E-state index in [2.05, 4.69) is 0 Å². The van der Waals surface area contributed by atoms with Crippen LogP contribution in [0, 0.1) is 0 Å². The molecule has 0 N–H and O–H groups in total. The molecule has 0 aromatic heterocycles. The second kappa shape index (κ2) is 6.66. The fourth-order valence-corrected chi connectivity index (χ4v) is 1.09. The van der Waals surface area contributed by atoms with Gasteiger partial charge in [0.15, 0.2) is 0 Å². The van der Waals surface area contributed by atoms with Crippen molar-refractivity contribution in [2.45, 2.75) is 6.92 Å². The van der Waals surface area contributed by atoms with E-state index in [9.17, 15) is 4.21 Å². The molecule has 1 atom stereocenters. The van der Waals surface area contributed by atoms with Crippen LogP contribution >= 0.6 is 0 Å². The quantitative estimate of drug-likeness (QED) is 0.673. The fourth-order valence-electron chi connectivity index (χ4n) is 0.642. The molecule has 4 heteroatoms. The Labute approximate surface area is 97.3 Å². The molecule has 1 aromatic rings. The Morgan fingerprint density at radius 1 is 1.33 bits per heavy atom. The molecule has 0 radical (unpaired) electrons. The van der Waals surface area contributed by atoms with Crippen molar-refractivity contribution in [3.63, 3.8) is 0 Å². The fraction of sp³-hybridized carbons (Fsp3) is 0.250. The van der Waals surface area contributed by atoms with Gasteiger partial charge < -0.3 is 4.18 Å². The summed E-state index contributed by atoms with van der Waals surface area (Å²) in [5, 5.41) is 0. The normalized spacial score (nSPS) is 11.4. The topological polar surface area (TPSA) is 26.3 Å². The first-order valence-electron chi connectivity index (χ1n) is 3.44. The summed E-state index contributed by atoms with van der Waals surface area (Å²) in [6.07, 6.45) is 0. The molecule has 0 saturated heterocycles. The van der Waals surface area contributed by atoms with Gasteiger partial charge in [-0.1, -0.05) is 25.1 Å². The molecule has 0 bridgehead atoms. The van der Waals surface area contributed by atoms with Gasteiger partial charge in [-0.05, 0) is 12.1 Å². The van der Waals surface area contributed by atoms with Crippen LogP contribution < -0.4 is 4.18 Å². The van der Waals surface area contributed by atoms with Crippen molar-refractivity contribution in [3.8, 4) is 5.75 Å². The maximum absolute atomic E-state index is 10.9. The van der Waals surface area contributed by atoms with Gasteiger partial charge in [0.1, 0.15) is 5.75 Å². The summed E-state index contributed by atoms with van der Waals surface area (Å²) in [6, 6.07) is 9.16. The minimum atomic E-state index is -1.18. The van der Waals surface area contributed by atoms with Crippen LogP contribution in [-0.4, -0.2) is 39.5 Å². The second-order valence-corrected chi connectivity index (χ2v) is 3.34. The molecule has 0 aliphatic carbocycles. The van der Waals surface area contributed by atoms with Crippen LogP contribution in [0.3, 0.4) is 0 Å². The van der Waals surface area contributed by atoms with Gasteiger partial charge in [0.05, 0.1) is 5.75 Å². The summed E-state index contributed by atoms with van der Waals surface area (Å²) in [5.74, 6) is 1.18. The molecule has 62 valence electrons. The van der Waals surface area contributed by atoms with Crippen molar-refractivity contribution in [1.82, 2.24) is 0 Å². The monoisotopic (exact) mass is 194 g/mol. The third kappa shape index (κ3) is 4.26. The van der Waals surface area contributed by atoms with Gasteiger partial charge in [-0.3, -0.25) is 0 Å². The molecule has 1 rings (SSSR count). The Kier molecular flexibility index (Phi) is 6.76. The van der Waals surface area contributed by atoms with E-state index < -0.39 is 11.1 Å². The van der Waals surface area contributed by atoms with E-state index in [4.69, 9.17) is 4.18 Å². The van der Waals surface area contributed by atoms with Gasteiger partial charge >= 0.3 is 29.6 Å². The molecule has 0 spiro atoms. The zero-order valence-corrected chi connectivity index (χ0v) is 7.14. The number of benzene rings is 1. The molecule has 0 aliphatic rings. The molecule has 1 aromatic carbocycles. The molecule has 0 heterocycles. The van der Waals surface area contributed by atoms with Crippen LogP contribution in [0.5, 0.6) is 5.75 Å². The van der Waals surface area contributed by atoms with Crippen LogP contribution in [0.1, 0.15) is 6.92 Å². The van der Waals surface area contributed by atoms with Crippen molar-refractivity contribution < 1.29 is 8.39 Å². The van der Waals surface area contributed by atoms with Crippen LogP contribution in [0.4, 0.5) is 0 Å². The molecule has 2 nitrogen and oxygen atoms in total. The van der Waals surface area contributed by atoms with Crippen LogP contribution in [0.25, 0.3) is 0 Å². The first-order chi connectivity index (χ1) is 5.33. The van der Waals surface area contributed by atoms with Crippen molar-refractivity contribution in [1.29, 1.82) is 0 Å². The Balaban J connectivity index is 0.00000121. The van der Waals surface area contributed by atoms with Gasteiger partial charge in [0.25, 0.3) is 0 Å². The number of para-hydroxylation sites is 1. The van der Waals surface area contributed by atoms with Gasteiger partial charge in [-0.15, -0.1) is 0 Å². The zero-order valence-electron chi connectivity index (χ0n) is 6.32. The van der Waals surface area contributed by atoms with Crippen LogP contribution in [0.15, 0.2) is 30.3 Å². The van der Waals surface area contributed by atoms with E-state index in [-0.39, 0.29) is 29.6 Å². The van der Waals surface area contributed by atoms with Gasteiger partial charge in [-0.25, -0.2) is 4.21 Å². The Morgan fingerprint density at radius 3 is 2.42 bits per heavy atom. The van der Waals surface area contributed by atoms with E-state index in [1.807, 2.05) is 25.1 Å². The summed E-state index contributed by atoms with van der Waals surface area (Å²) in [5.41, 5.74) is 0. The van der Waals surface area contributed by atoms with E-state index in [1.165, 1.54) is 0 Å². The summed E-state index contributed by atoms with van der Waals surface area (Å²) >= 11 is -1.18. The molecule has 0 saturated carbocycles. The molecular formula is C8H11NaO2S. The Hall–Kier alpha value is 0.170. The van der Waals surface area contributed by atoms with Gasteiger partial charge in [0, 0.05) is 0 Å². The van der Waals surface area contributed by atoms with Crippen molar-refractivity contribution in [2.75, 3.05) is 5.75 Å². The predicted octanol–water partition coefficient (Wildman–Crippen LogP) is 1.10. The third-order valence-electron chi connectivity index (χ3n) is 1.17. The zero-order chi connectivity index (χ0) is 8.10. The summed E-state index contributed by atoms with van der Waals surface area (Å²) in [4.78, 5) is 0. The average Bonchev–Trinajstić information content (AvgIpc) is 2.06. The SMILES string of the molecule is CCS(=O)Oc1ccccc1.[NaH]. The van der Waals surface area contributed by atoms with E-state index >= 15 is 0 Å². The third-order valence-corrected chi connectivity index (χ3v) is 2.02. The summed E-state index contributed by atoms with van der Waals surface area (Å²) in [6.45, 7) is 1.82. The second-order valence-electron chi connectivity index (χ2n) is 1.99. The van der Waals surface area contributed by atoms with Crippen LogP contribution in [0.2, 0.25) is 0 Å². The number of hydrogen-bond acceptors (Lipinski definition) is 2. The van der Waals surface area contributed by atoms with Crippen molar-refractivity contribution in [3.05, 3.63) is 30.3 Å². The van der Waals surface area contributed by atoms with E-state index in [1.54, 1.807) is 12.1 Å². The Morgan fingerprint density at radius 2 is 1.92 bits per heavy atom. The Bertz CT molecular complexity index is 238. The molecule has 0 amide bonds. The average molecular weight is 194 g/mol. The predicted molar refractivity (Wildman–Crippen MR) is 52.9 cm³/mol.